The van der Waals surface area contributed by atoms with Crippen LogP contribution < -0.4 is 4.74 Å². The van der Waals surface area contributed by atoms with Gasteiger partial charge in [-0.2, -0.15) is 0 Å². The summed E-state index contributed by atoms with van der Waals surface area (Å²) in [5.41, 5.74) is 1.04. The molecule has 0 radical (unpaired) electrons. The smallest absolute Gasteiger partial charge is 0.345 e. The lowest BCUT2D eigenvalue weighted by Gasteiger charge is -2.21. The number of carboxylic acids is 1. The fourth-order valence-corrected chi connectivity index (χ4v) is 1.67. The summed E-state index contributed by atoms with van der Waals surface area (Å²) in [5.74, 6) is 0.00249. The molecule has 1 aromatic rings. The van der Waals surface area contributed by atoms with E-state index in [1.54, 1.807) is 0 Å². The molecule has 3 heteroatoms. The molecular weight excluding hydrogens is 216 g/mol. The van der Waals surface area contributed by atoms with Crippen LogP contribution in [0.1, 0.15) is 39.2 Å². The maximum Gasteiger partial charge on any atom is 0.345 e. The molecule has 0 bridgehead atoms. The first-order chi connectivity index (χ1) is 7.93. The molecule has 17 heavy (non-hydrogen) atoms. The van der Waals surface area contributed by atoms with E-state index >= 15 is 0 Å². The second-order valence-corrected chi connectivity index (χ2v) is 4.81. The van der Waals surface area contributed by atoms with E-state index in [9.17, 15) is 4.79 Å². The Morgan fingerprint density at radius 1 is 1.18 bits per heavy atom. The van der Waals surface area contributed by atoms with Crippen molar-refractivity contribution in [3.8, 4) is 5.75 Å². The molecule has 0 saturated heterocycles. The highest BCUT2D eigenvalue weighted by Gasteiger charge is 2.24. The number of aliphatic carboxylic acids is 1. The van der Waals surface area contributed by atoms with E-state index in [-0.39, 0.29) is 5.92 Å². The average molecular weight is 236 g/mol. The topological polar surface area (TPSA) is 46.5 Å². The maximum absolute atomic E-state index is 11.1. The minimum Gasteiger partial charge on any atom is -0.478 e. The second-order valence-electron chi connectivity index (χ2n) is 4.81. The van der Waals surface area contributed by atoms with Crippen LogP contribution in [0, 0.1) is 5.92 Å². The molecule has 3 nitrogen and oxygen atoms in total. The van der Waals surface area contributed by atoms with Gasteiger partial charge in [0.2, 0.25) is 0 Å². The fraction of sp³-hybridized carbons (Fsp3) is 0.500. The van der Waals surface area contributed by atoms with Crippen LogP contribution in [0.2, 0.25) is 0 Å². The van der Waals surface area contributed by atoms with Gasteiger partial charge in [0.05, 0.1) is 0 Å². The summed E-state index contributed by atoms with van der Waals surface area (Å²) in [6.07, 6.45) is -0.796. The van der Waals surface area contributed by atoms with E-state index in [2.05, 4.69) is 13.8 Å². The quantitative estimate of drug-likeness (QED) is 0.853. The van der Waals surface area contributed by atoms with Gasteiger partial charge in [-0.05, 0) is 17.5 Å². The second kappa shape index (κ2) is 5.71. The van der Waals surface area contributed by atoms with E-state index in [4.69, 9.17) is 9.84 Å². The summed E-state index contributed by atoms with van der Waals surface area (Å²) in [5, 5.41) is 9.11. The van der Waals surface area contributed by atoms with Gasteiger partial charge in [-0.15, -0.1) is 0 Å². The van der Waals surface area contributed by atoms with Gasteiger partial charge in [0.1, 0.15) is 5.75 Å². The van der Waals surface area contributed by atoms with E-state index in [1.165, 1.54) is 0 Å². The van der Waals surface area contributed by atoms with Gasteiger partial charge in [-0.25, -0.2) is 4.79 Å². The predicted octanol–water partition coefficient (Wildman–Crippen LogP) is 3.30. The largest absolute Gasteiger partial charge is 0.478 e. The van der Waals surface area contributed by atoms with Gasteiger partial charge in [-0.1, -0.05) is 45.9 Å². The van der Waals surface area contributed by atoms with Crippen LogP contribution in [-0.4, -0.2) is 17.2 Å². The number of carbonyl (C=O) groups is 1. The van der Waals surface area contributed by atoms with Crippen LogP contribution in [0.15, 0.2) is 24.3 Å². The summed E-state index contributed by atoms with van der Waals surface area (Å²) in [7, 11) is 0. The number of carboxylic acid groups (broad SMARTS) is 1. The lowest BCUT2D eigenvalue weighted by molar-refractivity contribution is -0.147. The van der Waals surface area contributed by atoms with Crippen LogP contribution in [0.3, 0.4) is 0 Å². The van der Waals surface area contributed by atoms with Crippen molar-refractivity contribution in [3.05, 3.63) is 29.8 Å². The SMILES string of the molecule is CC(C)c1ccccc1OC(C(=O)O)C(C)C. The predicted molar refractivity (Wildman–Crippen MR) is 67.4 cm³/mol. The first-order valence-electron chi connectivity index (χ1n) is 5.91. The summed E-state index contributed by atoms with van der Waals surface area (Å²) in [4.78, 5) is 11.1. The van der Waals surface area contributed by atoms with Crippen LogP contribution in [0.4, 0.5) is 0 Å². The minimum absolute atomic E-state index is 0.0623. The molecule has 0 heterocycles. The molecule has 1 rings (SSSR count). The fourth-order valence-electron chi connectivity index (χ4n) is 1.67. The number of ether oxygens (including phenoxy) is 1. The molecule has 0 aliphatic heterocycles. The Bertz CT molecular complexity index is 383. The molecule has 1 aromatic carbocycles. The molecule has 1 N–H and O–H groups in total. The van der Waals surface area contributed by atoms with Crippen molar-refractivity contribution < 1.29 is 14.6 Å². The molecular formula is C14H20O3. The number of rotatable bonds is 5. The third kappa shape index (κ3) is 3.48. The van der Waals surface area contributed by atoms with Crippen molar-refractivity contribution in [2.45, 2.75) is 39.7 Å². The highest BCUT2D eigenvalue weighted by Crippen LogP contribution is 2.27. The summed E-state index contributed by atoms with van der Waals surface area (Å²) < 4.78 is 5.63. The van der Waals surface area contributed by atoms with Gasteiger partial charge in [0, 0.05) is 5.92 Å². The Morgan fingerprint density at radius 3 is 2.24 bits per heavy atom. The Hall–Kier alpha value is -1.51. The van der Waals surface area contributed by atoms with E-state index in [1.807, 2.05) is 38.1 Å². The van der Waals surface area contributed by atoms with Crippen molar-refractivity contribution >= 4 is 5.97 Å². The van der Waals surface area contributed by atoms with Gasteiger partial charge in [0.25, 0.3) is 0 Å². The first kappa shape index (κ1) is 13.6. The van der Waals surface area contributed by atoms with Gasteiger partial charge < -0.3 is 9.84 Å². The van der Waals surface area contributed by atoms with Gasteiger partial charge >= 0.3 is 5.97 Å². The molecule has 94 valence electrons. The zero-order valence-corrected chi connectivity index (χ0v) is 10.8. The molecule has 0 fully saturated rings. The monoisotopic (exact) mass is 236 g/mol. The van der Waals surface area contributed by atoms with Crippen molar-refractivity contribution in [1.82, 2.24) is 0 Å². The molecule has 0 aliphatic rings. The Labute approximate surface area is 102 Å². The maximum atomic E-state index is 11.1. The Morgan fingerprint density at radius 2 is 1.76 bits per heavy atom. The molecule has 0 saturated carbocycles. The number of benzene rings is 1. The minimum atomic E-state index is -0.918. The third-order valence-electron chi connectivity index (χ3n) is 2.64. The molecule has 1 atom stereocenters. The van der Waals surface area contributed by atoms with Crippen molar-refractivity contribution in [2.75, 3.05) is 0 Å². The highest BCUT2D eigenvalue weighted by atomic mass is 16.5. The van der Waals surface area contributed by atoms with E-state index in [0.717, 1.165) is 5.56 Å². The van der Waals surface area contributed by atoms with E-state index in [0.29, 0.717) is 11.7 Å². The average Bonchev–Trinajstić information content (AvgIpc) is 2.25. The third-order valence-corrected chi connectivity index (χ3v) is 2.64. The van der Waals surface area contributed by atoms with Crippen molar-refractivity contribution in [2.24, 2.45) is 5.92 Å². The Kier molecular flexibility index (Phi) is 4.55. The normalized spacial score (nSPS) is 12.8. The molecule has 0 aliphatic carbocycles. The van der Waals surface area contributed by atoms with Crippen molar-refractivity contribution in [1.29, 1.82) is 0 Å². The van der Waals surface area contributed by atoms with Crippen LogP contribution >= 0.6 is 0 Å². The molecule has 1 unspecified atom stereocenters. The molecule has 0 spiro atoms. The zero-order valence-electron chi connectivity index (χ0n) is 10.8. The van der Waals surface area contributed by atoms with Crippen molar-refractivity contribution in [3.63, 3.8) is 0 Å². The van der Waals surface area contributed by atoms with Crippen LogP contribution in [-0.2, 0) is 4.79 Å². The Balaban J connectivity index is 2.97. The highest BCUT2D eigenvalue weighted by molar-refractivity contribution is 5.73. The summed E-state index contributed by atoms with van der Waals surface area (Å²) >= 11 is 0. The molecule has 0 amide bonds. The van der Waals surface area contributed by atoms with Crippen LogP contribution in [0.5, 0.6) is 5.75 Å². The standard InChI is InChI=1S/C14H20O3/c1-9(2)11-7-5-6-8-12(11)17-13(10(3)4)14(15)16/h5-10,13H,1-4H3,(H,15,16). The number of para-hydroxylation sites is 1. The van der Waals surface area contributed by atoms with Gasteiger partial charge in [0.15, 0.2) is 6.10 Å². The summed E-state index contributed by atoms with van der Waals surface area (Å²) in [6, 6.07) is 7.60. The number of hydrogen-bond acceptors (Lipinski definition) is 2. The van der Waals surface area contributed by atoms with Crippen LogP contribution in [0.25, 0.3) is 0 Å². The van der Waals surface area contributed by atoms with E-state index < -0.39 is 12.1 Å². The first-order valence-corrected chi connectivity index (χ1v) is 5.91. The van der Waals surface area contributed by atoms with Gasteiger partial charge in [-0.3, -0.25) is 0 Å². The number of hydrogen-bond donors (Lipinski definition) is 1. The lowest BCUT2D eigenvalue weighted by atomic mass is 10.0. The molecule has 0 aromatic heterocycles. The zero-order chi connectivity index (χ0) is 13.0. The summed E-state index contributed by atoms with van der Waals surface area (Å²) in [6.45, 7) is 7.81. The lowest BCUT2D eigenvalue weighted by Crippen LogP contribution is -2.32.